The Bertz CT molecular complexity index is 371. The van der Waals surface area contributed by atoms with Crippen molar-refractivity contribution in [1.29, 1.82) is 0 Å². The number of nitrogens with zero attached hydrogens (tertiary/aromatic N) is 3. The maximum Gasteiger partial charge on any atom is 0.0890 e. The summed E-state index contributed by atoms with van der Waals surface area (Å²) in [7, 11) is 0. The number of benzene rings is 1. The predicted octanol–water partition coefficient (Wildman–Crippen LogP) is 2.59. The summed E-state index contributed by atoms with van der Waals surface area (Å²) in [5.74, 6) is 0. The fraction of sp³-hybridized carbons (Fsp3) is 0.400. The van der Waals surface area contributed by atoms with E-state index in [1.54, 1.807) is 0 Å². The lowest BCUT2D eigenvalue weighted by molar-refractivity contribution is 0.158. The lowest BCUT2D eigenvalue weighted by Gasteiger charge is -2.07. The zero-order valence-electron chi connectivity index (χ0n) is 6.96. The van der Waals surface area contributed by atoms with E-state index in [0.29, 0.717) is 6.42 Å². The summed E-state index contributed by atoms with van der Waals surface area (Å²) in [5, 5.41) is 13.2. The van der Waals surface area contributed by atoms with Gasteiger partial charge < -0.3 is 5.11 Å². The monoisotopic (exact) mass is 191 g/mol. The van der Waals surface area contributed by atoms with E-state index in [0.717, 1.165) is 11.1 Å². The molecule has 0 saturated heterocycles. The molecule has 1 aromatic carbocycles. The smallest absolute Gasteiger partial charge is 0.0890 e. The molecule has 0 bridgehead atoms. The van der Waals surface area contributed by atoms with Crippen LogP contribution in [0.3, 0.4) is 0 Å². The number of hydrogen-bond acceptors (Lipinski definition) is 2. The third-order valence-corrected chi connectivity index (χ3v) is 2.34. The van der Waals surface area contributed by atoms with E-state index in [1.165, 1.54) is 0 Å². The van der Waals surface area contributed by atoms with Crippen molar-refractivity contribution in [3.8, 4) is 0 Å². The molecule has 2 rings (SSSR count). The molecular weight excluding hydrogens is 178 g/mol. The molecule has 1 aliphatic carbocycles. The zero-order chi connectivity index (χ0) is 9.26. The Kier molecular flexibility index (Phi) is 3.12. The van der Waals surface area contributed by atoms with Crippen LogP contribution in [-0.4, -0.2) is 11.2 Å². The van der Waals surface area contributed by atoms with Crippen molar-refractivity contribution in [2.45, 2.75) is 26.0 Å². The summed E-state index contributed by atoms with van der Waals surface area (Å²) in [6, 6.07) is 7.25. The number of aliphatic hydroxyl groups is 1. The molecule has 0 fully saturated rings. The van der Waals surface area contributed by atoms with Crippen molar-refractivity contribution in [3.05, 3.63) is 45.8 Å². The second kappa shape index (κ2) is 4.13. The number of fused-ring (bicyclic) bond motifs is 1. The summed E-state index contributed by atoms with van der Waals surface area (Å²) >= 11 is 0. The van der Waals surface area contributed by atoms with E-state index in [9.17, 15) is 5.11 Å². The average molecular weight is 191 g/mol. The van der Waals surface area contributed by atoms with E-state index in [1.807, 2.05) is 24.3 Å². The van der Waals surface area contributed by atoms with Gasteiger partial charge in [-0.1, -0.05) is 36.8 Å². The second-order valence-corrected chi connectivity index (χ2v) is 3.12. The highest BCUT2D eigenvalue weighted by Crippen LogP contribution is 2.34. The van der Waals surface area contributed by atoms with Crippen LogP contribution < -0.4 is 0 Å². The maximum atomic E-state index is 9.58. The molecule has 14 heavy (non-hydrogen) atoms. The highest BCUT2D eigenvalue weighted by molar-refractivity contribution is 5.36. The lowest BCUT2D eigenvalue weighted by atomic mass is 10.1. The Hall–Kier alpha value is -1.51. The van der Waals surface area contributed by atoms with Crippen LogP contribution in [0.15, 0.2) is 29.4 Å². The van der Waals surface area contributed by atoms with E-state index in [2.05, 4.69) is 10.0 Å². The van der Waals surface area contributed by atoms with Crippen molar-refractivity contribution in [2.24, 2.45) is 5.11 Å². The average Bonchev–Trinajstić information content (AvgIpc) is 2.44. The SMILES string of the molecule is C.[N-]=[N+]=NC1c2ccccc2CC1O. The van der Waals surface area contributed by atoms with Gasteiger partial charge in [-0.05, 0) is 23.1 Å². The van der Waals surface area contributed by atoms with Gasteiger partial charge in [0.1, 0.15) is 0 Å². The molecule has 0 aromatic heterocycles. The van der Waals surface area contributed by atoms with E-state index in [4.69, 9.17) is 5.53 Å². The second-order valence-electron chi connectivity index (χ2n) is 3.12. The van der Waals surface area contributed by atoms with Gasteiger partial charge in [0.25, 0.3) is 0 Å². The summed E-state index contributed by atoms with van der Waals surface area (Å²) in [6.45, 7) is 0. The Balaban J connectivity index is 0.000000980. The molecule has 74 valence electrons. The molecule has 0 spiro atoms. The molecule has 4 nitrogen and oxygen atoms in total. The topological polar surface area (TPSA) is 69.0 Å². The number of rotatable bonds is 1. The first kappa shape index (κ1) is 10.6. The van der Waals surface area contributed by atoms with Gasteiger partial charge in [0.2, 0.25) is 0 Å². The molecule has 0 heterocycles. The van der Waals surface area contributed by atoms with Crippen LogP contribution in [-0.2, 0) is 6.42 Å². The van der Waals surface area contributed by atoms with Gasteiger partial charge in [-0.2, -0.15) is 0 Å². The Morgan fingerprint density at radius 2 is 2.14 bits per heavy atom. The minimum atomic E-state index is -0.562. The third kappa shape index (κ3) is 1.58. The molecule has 0 radical (unpaired) electrons. The molecule has 1 N–H and O–H groups in total. The van der Waals surface area contributed by atoms with Gasteiger partial charge in [-0.25, -0.2) is 0 Å². The van der Waals surface area contributed by atoms with Crippen LogP contribution in [0.5, 0.6) is 0 Å². The fourth-order valence-corrected chi connectivity index (χ4v) is 1.75. The highest BCUT2D eigenvalue weighted by Gasteiger charge is 2.29. The molecule has 1 aliphatic rings. The van der Waals surface area contributed by atoms with Crippen LogP contribution in [0.4, 0.5) is 0 Å². The van der Waals surface area contributed by atoms with Crippen molar-refractivity contribution in [3.63, 3.8) is 0 Å². The minimum absolute atomic E-state index is 0. The van der Waals surface area contributed by atoms with Crippen LogP contribution in [0, 0.1) is 0 Å². The van der Waals surface area contributed by atoms with Crippen molar-refractivity contribution < 1.29 is 5.11 Å². The summed E-state index contributed by atoms with van der Waals surface area (Å²) < 4.78 is 0. The van der Waals surface area contributed by atoms with E-state index in [-0.39, 0.29) is 7.43 Å². The molecule has 0 aliphatic heterocycles. The standard InChI is InChI=1S/C9H9N3O.CH4/c10-12-11-9-7-4-2-1-3-6(7)5-8(9)13;/h1-4,8-9,13H,5H2;1H4. The predicted molar refractivity (Wildman–Crippen MR) is 54.8 cm³/mol. The van der Waals surface area contributed by atoms with Crippen LogP contribution in [0.2, 0.25) is 0 Å². The van der Waals surface area contributed by atoms with Gasteiger partial charge in [-0.15, -0.1) is 0 Å². The number of azide groups is 1. The Morgan fingerprint density at radius 3 is 2.86 bits per heavy atom. The molecular formula is C10H13N3O. The third-order valence-electron chi connectivity index (χ3n) is 2.34. The maximum absolute atomic E-state index is 9.58. The Labute approximate surface area is 82.8 Å². The van der Waals surface area contributed by atoms with Gasteiger partial charge in [-0.3, -0.25) is 0 Å². The molecule has 0 saturated carbocycles. The van der Waals surface area contributed by atoms with Crippen molar-refractivity contribution in [1.82, 2.24) is 0 Å². The van der Waals surface area contributed by atoms with Crippen LogP contribution >= 0.6 is 0 Å². The highest BCUT2D eigenvalue weighted by atomic mass is 16.3. The fourth-order valence-electron chi connectivity index (χ4n) is 1.75. The molecule has 0 amide bonds. The van der Waals surface area contributed by atoms with Gasteiger partial charge in [0.15, 0.2) is 0 Å². The largest absolute Gasteiger partial charge is 0.392 e. The van der Waals surface area contributed by atoms with E-state index < -0.39 is 12.1 Å². The summed E-state index contributed by atoms with van der Waals surface area (Å²) in [4.78, 5) is 2.73. The first-order valence-corrected chi connectivity index (χ1v) is 4.13. The lowest BCUT2D eigenvalue weighted by Crippen LogP contribution is -2.10. The van der Waals surface area contributed by atoms with Crippen LogP contribution in [0.25, 0.3) is 10.4 Å². The molecule has 4 heteroatoms. The number of hydrogen-bond donors (Lipinski definition) is 1. The quantitative estimate of drug-likeness (QED) is 0.413. The van der Waals surface area contributed by atoms with Gasteiger partial charge >= 0.3 is 0 Å². The first-order chi connectivity index (χ1) is 6.33. The molecule has 2 unspecified atom stereocenters. The van der Waals surface area contributed by atoms with Gasteiger partial charge in [0, 0.05) is 4.91 Å². The molecule has 2 atom stereocenters. The minimum Gasteiger partial charge on any atom is -0.392 e. The summed E-state index contributed by atoms with van der Waals surface area (Å²) in [6.07, 6.45) is 0.0214. The molecule has 1 aromatic rings. The zero-order valence-corrected chi connectivity index (χ0v) is 6.96. The van der Waals surface area contributed by atoms with Crippen molar-refractivity contribution >= 4 is 0 Å². The van der Waals surface area contributed by atoms with E-state index >= 15 is 0 Å². The summed E-state index contributed by atoms with van der Waals surface area (Å²) in [5.41, 5.74) is 10.3. The first-order valence-electron chi connectivity index (χ1n) is 4.13. The number of aliphatic hydroxyl groups excluding tert-OH is 1. The van der Waals surface area contributed by atoms with Crippen molar-refractivity contribution in [2.75, 3.05) is 0 Å². The van der Waals surface area contributed by atoms with Gasteiger partial charge in [0.05, 0.1) is 12.1 Å². The van der Waals surface area contributed by atoms with Crippen LogP contribution in [0.1, 0.15) is 24.6 Å². The Morgan fingerprint density at radius 1 is 1.43 bits per heavy atom. The normalized spacial score (nSPS) is 23.2.